The van der Waals surface area contributed by atoms with Gasteiger partial charge in [-0.3, -0.25) is 0 Å². The predicted molar refractivity (Wildman–Crippen MR) is 70.2 cm³/mol. The molecule has 0 radical (unpaired) electrons. The van der Waals surface area contributed by atoms with Gasteiger partial charge in [-0.1, -0.05) is 37.2 Å². The molecule has 0 atom stereocenters. The quantitative estimate of drug-likeness (QED) is 0.763. The van der Waals surface area contributed by atoms with E-state index in [1.807, 2.05) is 6.92 Å². The molecule has 0 saturated carbocycles. The van der Waals surface area contributed by atoms with Crippen LogP contribution in [0.4, 0.5) is 0 Å². The Labute approximate surface area is 103 Å². The van der Waals surface area contributed by atoms with Gasteiger partial charge in [0.2, 0.25) is 0 Å². The second-order valence-electron chi connectivity index (χ2n) is 4.92. The molecule has 1 aromatic heterocycles. The summed E-state index contributed by atoms with van der Waals surface area (Å²) in [7, 11) is 0. The molecule has 2 heteroatoms. The molecular weight excluding hydrogens is 210 g/mol. The Morgan fingerprint density at radius 2 is 1.82 bits per heavy atom. The maximum atomic E-state index is 5.50. The van der Waals surface area contributed by atoms with Gasteiger partial charge in [0, 0.05) is 11.1 Å². The molecule has 0 spiro atoms. The first-order valence-corrected chi connectivity index (χ1v) is 6.05. The average Bonchev–Trinajstić information content (AvgIpc) is 2.60. The number of hydrogen-bond acceptors (Lipinski definition) is 2. The van der Waals surface area contributed by atoms with Gasteiger partial charge in [-0.25, -0.2) is 0 Å². The smallest absolute Gasteiger partial charge is 0.170 e. The van der Waals surface area contributed by atoms with Crippen molar-refractivity contribution in [3.05, 3.63) is 40.6 Å². The Morgan fingerprint density at radius 1 is 1.12 bits per heavy atom. The monoisotopic (exact) mass is 229 g/mol. The minimum atomic E-state index is 0.481. The Morgan fingerprint density at radius 3 is 2.35 bits per heavy atom. The second-order valence-corrected chi connectivity index (χ2v) is 4.92. The van der Waals surface area contributed by atoms with E-state index in [2.05, 4.69) is 51.1 Å². The molecule has 1 aromatic carbocycles. The second kappa shape index (κ2) is 4.36. The normalized spacial score (nSPS) is 11.2. The lowest BCUT2D eigenvalue weighted by Crippen LogP contribution is -1.95. The van der Waals surface area contributed by atoms with Gasteiger partial charge in [-0.05, 0) is 37.8 Å². The number of hydrogen-bond donors (Lipinski definition) is 0. The first-order valence-electron chi connectivity index (χ1n) is 6.05. The van der Waals surface area contributed by atoms with E-state index in [9.17, 15) is 0 Å². The maximum absolute atomic E-state index is 5.50. The van der Waals surface area contributed by atoms with E-state index in [0.717, 1.165) is 17.0 Å². The fourth-order valence-corrected chi connectivity index (χ4v) is 2.13. The first kappa shape index (κ1) is 11.9. The van der Waals surface area contributed by atoms with E-state index in [1.54, 1.807) is 0 Å². The van der Waals surface area contributed by atoms with Crippen LogP contribution in [0.25, 0.3) is 11.3 Å². The molecule has 2 nitrogen and oxygen atoms in total. The topological polar surface area (TPSA) is 26.0 Å². The SMILES string of the molecule is Cc1cccc(C(C)C)c1-c1onc(C)c1C. The highest BCUT2D eigenvalue weighted by molar-refractivity contribution is 5.70. The van der Waals surface area contributed by atoms with Crippen molar-refractivity contribution < 1.29 is 4.52 Å². The van der Waals surface area contributed by atoms with Crippen LogP contribution in [0.3, 0.4) is 0 Å². The van der Waals surface area contributed by atoms with Gasteiger partial charge < -0.3 is 4.52 Å². The van der Waals surface area contributed by atoms with Crippen LogP contribution < -0.4 is 0 Å². The Kier molecular flexibility index (Phi) is 3.05. The zero-order valence-electron chi connectivity index (χ0n) is 11.2. The van der Waals surface area contributed by atoms with Gasteiger partial charge >= 0.3 is 0 Å². The van der Waals surface area contributed by atoms with Gasteiger partial charge in [-0.15, -0.1) is 0 Å². The summed E-state index contributed by atoms with van der Waals surface area (Å²) in [5, 5.41) is 4.06. The predicted octanol–water partition coefficient (Wildman–Crippen LogP) is 4.39. The summed E-state index contributed by atoms with van der Waals surface area (Å²) >= 11 is 0. The fraction of sp³-hybridized carbons (Fsp3) is 0.400. The van der Waals surface area contributed by atoms with Crippen LogP contribution in [-0.4, -0.2) is 5.16 Å². The third-order valence-corrected chi connectivity index (χ3v) is 3.31. The minimum Gasteiger partial charge on any atom is -0.356 e. The van der Waals surface area contributed by atoms with Crippen molar-refractivity contribution in [2.75, 3.05) is 0 Å². The molecule has 0 amide bonds. The van der Waals surface area contributed by atoms with Crippen LogP contribution in [-0.2, 0) is 0 Å². The van der Waals surface area contributed by atoms with Crippen LogP contribution in [0.1, 0.15) is 42.1 Å². The summed E-state index contributed by atoms with van der Waals surface area (Å²) in [6, 6.07) is 6.40. The highest BCUT2D eigenvalue weighted by Crippen LogP contribution is 2.34. The fourth-order valence-electron chi connectivity index (χ4n) is 2.13. The van der Waals surface area contributed by atoms with Gasteiger partial charge in [0.05, 0.1) is 5.69 Å². The lowest BCUT2D eigenvalue weighted by Gasteiger charge is -2.13. The van der Waals surface area contributed by atoms with Crippen LogP contribution >= 0.6 is 0 Å². The maximum Gasteiger partial charge on any atom is 0.170 e. The van der Waals surface area contributed by atoms with Crippen LogP contribution in [0, 0.1) is 20.8 Å². The molecule has 2 aromatic rings. The first-order chi connectivity index (χ1) is 8.02. The van der Waals surface area contributed by atoms with Gasteiger partial charge in [-0.2, -0.15) is 0 Å². The third kappa shape index (κ3) is 1.99. The number of nitrogens with zero attached hydrogens (tertiary/aromatic N) is 1. The molecule has 0 N–H and O–H groups in total. The number of aromatic nitrogens is 1. The summed E-state index contributed by atoms with van der Waals surface area (Å²) in [4.78, 5) is 0. The van der Waals surface area contributed by atoms with E-state index in [4.69, 9.17) is 4.52 Å². The van der Waals surface area contributed by atoms with E-state index >= 15 is 0 Å². The van der Waals surface area contributed by atoms with Crippen molar-refractivity contribution in [3.8, 4) is 11.3 Å². The lowest BCUT2D eigenvalue weighted by molar-refractivity contribution is 0.426. The van der Waals surface area contributed by atoms with Crippen molar-refractivity contribution in [2.45, 2.75) is 40.5 Å². The van der Waals surface area contributed by atoms with Crippen molar-refractivity contribution in [3.63, 3.8) is 0 Å². The highest BCUT2D eigenvalue weighted by Gasteiger charge is 2.18. The molecule has 0 aliphatic rings. The van der Waals surface area contributed by atoms with E-state index in [1.165, 1.54) is 16.7 Å². The van der Waals surface area contributed by atoms with Crippen LogP contribution in [0.2, 0.25) is 0 Å². The van der Waals surface area contributed by atoms with E-state index < -0.39 is 0 Å². The van der Waals surface area contributed by atoms with Gasteiger partial charge in [0.25, 0.3) is 0 Å². The molecule has 0 fully saturated rings. The molecule has 2 rings (SSSR count). The van der Waals surface area contributed by atoms with Crippen molar-refractivity contribution in [2.24, 2.45) is 0 Å². The molecule has 90 valence electrons. The Hall–Kier alpha value is -1.57. The van der Waals surface area contributed by atoms with E-state index in [-0.39, 0.29) is 0 Å². The molecule has 0 aliphatic heterocycles. The van der Waals surface area contributed by atoms with Crippen LogP contribution in [0.15, 0.2) is 22.7 Å². The molecule has 0 unspecified atom stereocenters. The third-order valence-electron chi connectivity index (χ3n) is 3.31. The van der Waals surface area contributed by atoms with Gasteiger partial charge in [0.15, 0.2) is 5.76 Å². The summed E-state index contributed by atoms with van der Waals surface area (Å²) in [6.07, 6.45) is 0. The standard InChI is InChI=1S/C15H19NO/c1-9(2)13-8-6-7-10(3)14(13)15-11(4)12(5)16-17-15/h6-9H,1-5H3. The average molecular weight is 229 g/mol. The molecule has 1 heterocycles. The lowest BCUT2D eigenvalue weighted by atomic mass is 9.91. The molecular formula is C15H19NO. The zero-order chi connectivity index (χ0) is 12.6. The Balaban J connectivity index is 2.70. The van der Waals surface area contributed by atoms with Crippen molar-refractivity contribution in [1.82, 2.24) is 5.16 Å². The zero-order valence-corrected chi connectivity index (χ0v) is 11.2. The highest BCUT2D eigenvalue weighted by atomic mass is 16.5. The number of benzene rings is 1. The largest absolute Gasteiger partial charge is 0.356 e. The van der Waals surface area contributed by atoms with Crippen molar-refractivity contribution >= 4 is 0 Å². The molecule has 0 saturated heterocycles. The summed E-state index contributed by atoms with van der Waals surface area (Å²) < 4.78 is 5.50. The molecule has 0 aliphatic carbocycles. The summed E-state index contributed by atoms with van der Waals surface area (Å²) in [6.45, 7) is 10.6. The van der Waals surface area contributed by atoms with E-state index in [0.29, 0.717) is 5.92 Å². The Bertz CT molecular complexity index is 538. The summed E-state index contributed by atoms with van der Waals surface area (Å²) in [5.41, 5.74) is 5.89. The minimum absolute atomic E-state index is 0.481. The van der Waals surface area contributed by atoms with Crippen molar-refractivity contribution in [1.29, 1.82) is 0 Å². The molecule has 0 bridgehead atoms. The summed E-state index contributed by atoms with van der Waals surface area (Å²) in [5.74, 6) is 1.40. The van der Waals surface area contributed by atoms with Gasteiger partial charge in [0.1, 0.15) is 0 Å². The number of rotatable bonds is 2. The van der Waals surface area contributed by atoms with Crippen LogP contribution in [0.5, 0.6) is 0 Å². The number of aryl methyl sites for hydroxylation is 2. The molecule has 17 heavy (non-hydrogen) atoms.